The van der Waals surface area contributed by atoms with Crippen LogP contribution in [0.3, 0.4) is 0 Å². The highest BCUT2D eigenvalue weighted by atomic mass is 16.4. The minimum atomic E-state index is -0.780. The summed E-state index contributed by atoms with van der Waals surface area (Å²) in [7, 11) is 0. The van der Waals surface area contributed by atoms with Gasteiger partial charge < -0.3 is 5.11 Å². The molecule has 0 bridgehead atoms. The highest BCUT2D eigenvalue weighted by Crippen LogP contribution is 2.27. The van der Waals surface area contributed by atoms with E-state index in [0.29, 0.717) is 0 Å². The number of fused-ring (bicyclic) bond motifs is 1. The molecule has 92 valence electrons. The van der Waals surface area contributed by atoms with Gasteiger partial charge in [-0.05, 0) is 36.0 Å². The van der Waals surface area contributed by atoms with E-state index in [4.69, 9.17) is 0 Å². The quantitative estimate of drug-likeness (QED) is 0.842. The number of nitrogens with one attached hydrogen (secondary N) is 1. The van der Waals surface area contributed by atoms with Crippen molar-refractivity contribution in [1.29, 1.82) is 0 Å². The van der Waals surface area contributed by atoms with Gasteiger partial charge in [-0.25, -0.2) is 0 Å². The van der Waals surface area contributed by atoms with Gasteiger partial charge in [0, 0.05) is 6.04 Å². The molecule has 0 saturated heterocycles. The number of carboxylic acid groups (broad SMARTS) is 1. The molecule has 3 nitrogen and oxygen atoms in total. The second-order valence-electron chi connectivity index (χ2n) is 4.63. The monoisotopic (exact) mass is 233 g/mol. The number of hydrogen-bond donors (Lipinski definition) is 2. The second kappa shape index (κ2) is 4.88. The fraction of sp³-hybridized carbons (Fsp3) is 0.500. The van der Waals surface area contributed by atoms with Crippen LogP contribution in [-0.4, -0.2) is 17.1 Å². The predicted molar refractivity (Wildman–Crippen MR) is 67.1 cm³/mol. The average molecular weight is 233 g/mol. The van der Waals surface area contributed by atoms with Gasteiger partial charge in [0.15, 0.2) is 0 Å². The molecule has 0 aliphatic carbocycles. The number of rotatable bonds is 3. The number of benzene rings is 1. The molecule has 17 heavy (non-hydrogen) atoms. The fourth-order valence-electron chi connectivity index (χ4n) is 2.44. The first kappa shape index (κ1) is 12.1. The van der Waals surface area contributed by atoms with Crippen molar-refractivity contribution in [2.45, 2.75) is 45.2 Å². The summed E-state index contributed by atoms with van der Waals surface area (Å²) in [5, 5.41) is 12.5. The maximum Gasteiger partial charge on any atom is 0.325 e. The minimum absolute atomic E-state index is 0.274. The molecular weight excluding hydrogens is 214 g/mol. The van der Waals surface area contributed by atoms with E-state index in [9.17, 15) is 9.90 Å². The van der Waals surface area contributed by atoms with Crippen molar-refractivity contribution in [2.24, 2.45) is 0 Å². The van der Waals surface area contributed by atoms with Crippen LogP contribution < -0.4 is 5.32 Å². The molecule has 2 N–H and O–H groups in total. The molecule has 2 atom stereocenters. The first-order chi connectivity index (χ1) is 8.15. The van der Waals surface area contributed by atoms with Gasteiger partial charge in [0.05, 0.1) is 0 Å². The summed E-state index contributed by atoms with van der Waals surface area (Å²) in [5.74, 6) is -0.780. The Morgan fingerprint density at radius 1 is 1.47 bits per heavy atom. The SMILES string of the molecule is CCc1ccc2c(c1)C(C(=O)O)NC(CC)C2. The Morgan fingerprint density at radius 2 is 2.24 bits per heavy atom. The van der Waals surface area contributed by atoms with Crippen LogP contribution in [0.4, 0.5) is 0 Å². The van der Waals surface area contributed by atoms with Crippen molar-refractivity contribution in [3.05, 3.63) is 34.9 Å². The first-order valence-corrected chi connectivity index (χ1v) is 6.26. The molecule has 1 aromatic carbocycles. The zero-order valence-corrected chi connectivity index (χ0v) is 10.4. The van der Waals surface area contributed by atoms with Crippen molar-refractivity contribution in [3.63, 3.8) is 0 Å². The Kier molecular flexibility index (Phi) is 3.48. The van der Waals surface area contributed by atoms with E-state index in [1.165, 1.54) is 11.1 Å². The largest absolute Gasteiger partial charge is 0.480 e. The van der Waals surface area contributed by atoms with Crippen molar-refractivity contribution >= 4 is 5.97 Å². The number of carbonyl (C=O) groups is 1. The molecule has 0 saturated carbocycles. The van der Waals surface area contributed by atoms with Gasteiger partial charge in [0.2, 0.25) is 0 Å². The van der Waals surface area contributed by atoms with Crippen LogP contribution in [0.1, 0.15) is 43.0 Å². The highest BCUT2D eigenvalue weighted by Gasteiger charge is 2.30. The topological polar surface area (TPSA) is 49.3 Å². The Morgan fingerprint density at radius 3 is 2.82 bits per heavy atom. The predicted octanol–water partition coefficient (Wildman–Crippen LogP) is 2.30. The Labute approximate surface area is 102 Å². The molecule has 1 aliphatic rings. The van der Waals surface area contributed by atoms with E-state index >= 15 is 0 Å². The van der Waals surface area contributed by atoms with Gasteiger partial charge in [0.1, 0.15) is 6.04 Å². The van der Waals surface area contributed by atoms with Gasteiger partial charge in [-0.2, -0.15) is 0 Å². The first-order valence-electron chi connectivity index (χ1n) is 6.26. The third kappa shape index (κ3) is 2.34. The number of aliphatic carboxylic acids is 1. The average Bonchev–Trinajstić information content (AvgIpc) is 2.36. The van der Waals surface area contributed by atoms with Crippen LogP contribution in [0.15, 0.2) is 18.2 Å². The lowest BCUT2D eigenvalue weighted by Gasteiger charge is -2.30. The van der Waals surface area contributed by atoms with Crippen LogP contribution >= 0.6 is 0 Å². The molecule has 1 aromatic rings. The zero-order chi connectivity index (χ0) is 12.4. The summed E-state index contributed by atoms with van der Waals surface area (Å²) in [6.07, 6.45) is 2.83. The maximum atomic E-state index is 11.3. The number of hydrogen-bond acceptors (Lipinski definition) is 2. The lowest BCUT2D eigenvalue weighted by atomic mass is 9.87. The smallest absolute Gasteiger partial charge is 0.325 e. The molecule has 0 radical (unpaired) electrons. The summed E-state index contributed by atoms with van der Waals surface area (Å²) in [6.45, 7) is 4.17. The highest BCUT2D eigenvalue weighted by molar-refractivity contribution is 5.76. The maximum absolute atomic E-state index is 11.3. The van der Waals surface area contributed by atoms with Gasteiger partial charge >= 0.3 is 5.97 Å². The molecule has 1 heterocycles. The molecule has 2 rings (SSSR count). The Bertz CT molecular complexity index is 428. The number of carboxylic acids is 1. The molecular formula is C14H19NO2. The zero-order valence-electron chi connectivity index (χ0n) is 10.4. The molecule has 0 aromatic heterocycles. The lowest BCUT2D eigenvalue weighted by Crippen LogP contribution is -2.42. The molecule has 2 unspecified atom stereocenters. The van der Waals surface area contributed by atoms with Gasteiger partial charge in [-0.3, -0.25) is 10.1 Å². The van der Waals surface area contributed by atoms with E-state index in [1.807, 2.05) is 6.07 Å². The third-order valence-corrected chi connectivity index (χ3v) is 3.54. The molecule has 0 spiro atoms. The van der Waals surface area contributed by atoms with Crippen molar-refractivity contribution in [2.75, 3.05) is 0 Å². The summed E-state index contributed by atoms with van der Waals surface area (Å²) in [4.78, 5) is 11.3. The Hall–Kier alpha value is -1.35. The van der Waals surface area contributed by atoms with E-state index in [1.54, 1.807) is 0 Å². The van der Waals surface area contributed by atoms with E-state index in [-0.39, 0.29) is 6.04 Å². The molecule has 0 amide bonds. The summed E-state index contributed by atoms with van der Waals surface area (Å²) >= 11 is 0. The summed E-state index contributed by atoms with van der Waals surface area (Å²) in [5.41, 5.74) is 3.33. The van der Waals surface area contributed by atoms with Gasteiger partial charge in [-0.15, -0.1) is 0 Å². The second-order valence-corrected chi connectivity index (χ2v) is 4.63. The van der Waals surface area contributed by atoms with E-state index < -0.39 is 12.0 Å². The van der Waals surface area contributed by atoms with Crippen LogP contribution in [0, 0.1) is 0 Å². The summed E-state index contributed by atoms with van der Waals surface area (Å²) in [6, 6.07) is 5.96. The van der Waals surface area contributed by atoms with Crippen LogP contribution in [0.25, 0.3) is 0 Å². The van der Waals surface area contributed by atoms with Crippen LogP contribution in [0.2, 0.25) is 0 Å². The normalized spacial score (nSPS) is 23.2. The molecule has 1 aliphatic heterocycles. The van der Waals surface area contributed by atoms with E-state index in [2.05, 4.69) is 31.3 Å². The van der Waals surface area contributed by atoms with E-state index in [0.717, 1.165) is 24.8 Å². The third-order valence-electron chi connectivity index (χ3n) is 3.54. The standard InChI is InChI=1S/C14H19NO2/c1-3-9-5-6-10-8-11(4-2)15-13(14(16)17)12(10)7-9/h5-7,11,13,15H,3-4,8H2,1-2H3,(H,16,17). The molecule has 3 heteroatoms. The number of aryl methyl sites for hydroxylation is 1. The van der Waals surface area contributed by atoms with Crippen molar-refractivity contribution in [3.8, 4) is 0 Å². The van der Waals surface area contributed by atoms with Gasteiger partial charge in [-0.1, -0.05) is 32.0 Å². The Balaban J connectivity index is 2.41. The fourth-order valence-corrected chi connectivity index (χ4v) is 2.44. The van der Waals surface area contributed by atoms with Crippen LogP contribution in [-0.2, 0) is 17.6 Å². The van der Waals surface area contributed by atoms with Crippen molar-refractivity contribution in [1.82, 2.24) is 5.32 Å². The van der Waals surface area contributed by atoms with Crippen molar-refractivity contribution < 1.29 is 9.90 Å². The molecule has 0 fully saturated rings. The van der Waals surface area contributed by atoms with Crippen LogP contribution in [0.5, 0.6) is 0 Å². The minimum Gasteiger partial charge on any atom is -0.480 e. The van der Waals surface area contributed by atoms with Gasteiger partial charge in [0.25, 0.3) is 0 Å². The summed E-state index contributed by atoms with van der Waals surface area (Å²) < 4.78 is 0. The lowest BCUT2D eigenvalue weighted by molar-refractivity contribution is -0.140.